The molecule has 0 bridgehead atoms. The predicted octanol–water partition coefficient (Wildman–Crippen LogP) is 16.0. The first kappa shape index (κ1) is 55.3. The van der Waals surface area contributed by atoms with Crippen LogP contribution in [0.1, 0.15) is 88.6 Å². The quantitative estimate of drug-likeness (QED) is 0.0843. The smallest absolute Gasteiger partial charge is 0.0607 e. The van der Waals surface area contributed by atoms with Gasteiger partial charge in [0.15, 0.2) is 0 Å². The molecule has 0 aliphatic heterocycles. The Morgan fingerprint density at radius 2 is 0.537 bits per heavy atom. The zero-order valence-electron chi connectivity index (χ0n) is 35.9. The fourth-order valence-electron chi connectivity index (χ4n) is 5.78. The third-order valence-electron chi connectivity index (χ3n) is 8.99. The summed E-state index contributed by atoms with van der Waals surface area (Å²) in [4.78, 5) is 0. The van der Waals surface area contributed by atoms with E-state index in [0.29, 0.717) is 0 Å². The molecule has 3 nitrogen and oxygen atoms in total. The summed E-state index contributed by atoms with van der Waals surface area (Å²) in [5.41, 5.74) is 9.55. The molecule has 0 aliphatic carbocycles. The predicted molar refractivity (Wildman–Crippen MR) is 250 cm³/mol. The Labute approximate surface area is 372 Å². The first-order chi connectivity index (χ1) is 24.7. The van der Waals surface area contributed by atoms with E-state index in [0.717, 1.165) is 69.9 Å². The molecule has 4 aromatic carbocycles. The maximum atomic E-state index is 4.69. The van der Waals surface area contributed by atoms with Crippen molar-refractivity contribution < 1.29 is 49.2 Å². The molecule has 0 saturated heterocycles. The third kappa shape index (κ3) is 26.2. The van der Waals surface area contributed by atoms with Crippen molar-refractivity contribution in [3.05, 3.63) is 143 Å². The van der Waals surface area contributed by atoms with E-state index in [1.807, 2.05) is 36.4 Å². The van der Waals surface area contributed by atoms with Crippen LogP contribution in [0.3, 0.4) is 0 Å². The summed E-state index contributed by atoms with van der Waals surface area (Å²) in [5, 5.41) is 14.1. The molecule has 0 spiro atoms. The fraction of sp³-hybridized carbons (Fsp3) is 0.478. The number of nitrogens with zero attached hydrogens (tertiary/aromatic N) is 3. The molecule has 8 heteroatoms. The average molecular weight is 910 g/mol. The van der Waals surface area contributed by atoms with Crippen molar-refractivity contribution in [1.82, 2.24) is 0 Å². The van der Waals surface area contributed by atoms with Crippen LogP contribution >= 0.6 is 23.8 Å². The second kappa shape index (κ2) is 33.2. The van der Waals surface area contributed by atoms with Gasteiger partial charge in [0.2, 0.25) is 0 Å². The van der Waals surface area contributed by atoms with Gasteiger partial charge in [0.25, 0.3) is 0 Å². The van der Waals surface area contributed by atoms with Crippen molar-refractivity contribution in [2.75, 3.05) is 18.9 Å². The van der Waals surface area contributed by atoms with Gasteiger partial charge >= 0.3 is 0 Å². The summed E-state index contributed by atoms with van der Waals surface area (Å²) in [6.45, 7) is 30.0. The van der Waals surface area contributed by atoms with Crippen LogP contribution < -0.4 is 0 Å². The number of hydrogen-bond donors (Lipinski definition) is 0. The van der Waals surface area contributed by atoms with Gasteiger partial charge in [-0.15, -0.1) is 17.1 Å². The Hall–Kier alpha value is -0.833. The molecule has 0 N–H and O–H groups in total. The van der Waals surface area contributed by atoms with Crippen LogP contribution in [0, 0.1) is 6.92 Å². The minimum absolute atomic E-state index is 0. The van der Waals surface area contributed by atoms with Gasteiger partial charge in [-0.2, -0.15) is 0 Å². The minimum Gasteiger partial charge on any atom is -0.652 e. The summed E-state index contributed by atoms with van der Waals surface area (Å²) >= 11 is 0. The SMILES string of the molecule is CC(C)[PH+](C[N-]c1ccccc1)C(C)C.CC(C)[PH+](C[N-]c1ccccc1)C(C)C.CC(C)[PH+](C[N-]c1ccccc1)C(C)C.Cc1ccccc1.[Ni].[Y]. The summed E-state index contributed by atoms with van der Waals surface area (Å²) in [5.74, 6) is 0. The van der Waals surface area contributed by atoms with Gasteiger partial charge in [0, 0.05) is 49.2 Å². The number of para-hydroxylation sites is 3. The van der Waals surface area contributed by atoms with Crippen molar-refractivity contribution in [3.63, 3.8) is 0 Å². The van der Waals surface area contributed by atoms with Crippen molar-refractivity contribution in [2.24, 2.45) is 0 Å². The van der Waals surface area contributed by atoms with Crippen molar-refractivity contribution >= 4 is 40.8 Å². The van der Waals surface area contributed by atoms with Gasteiger partial charge in [0.1, 0.15) is 0 Å². The molecule has 4 aromatic rings. The van der Waals surface area contributed by atoms with Crippen LogP contribution in [-0.4, -0.2) is 52.8 Å². The number of benzene rings is 4. The van der Waals surface area contributed by atoms with Crippen molar-refractivity contribution in [2.45, 2.75) is 124 Å². The van der Waals surface area contributed by atoms with Gasteiger partial charge in [-0.05, 0) is 133 Å². The van der Waals surface area contributed by atoms with E-state index in [2.05, 4.69) is 175 Å². The van der Waals surface area contributed by atoms with Crippen molar-refractivity contribution in [3.8, 4) is 0 Å². The van der Waals surface area contributed by atoms with E-state index in [4.69, 9.17) is 16.0 Å². The van der Waals surface area contributed by atoms with Gasteiger partial charge in [0.05, 0.1) is 34.0 Å². The molecule has 0 unspecified atom stereocenters. The summed E-state index contributed by atoms with van der Waals surface area (Å²) in [7, 11) is -1.03. The zero-order valence-corrected chi connectivity index (χ0v) is 42.7. The zero-order chi connectivity index (χ0) is 38.9. The Morgan fingerprint density at radius 3 is 0.685 bits per heavy atom. The Morgan fingerprint density at radius 1 is 0.352 bits per heavy atom. The monoisotopic (exact) mass is 908 g/mol. The molecule has 54 heavy (non-hydrogen) atoms. The van der Waals surface area contributed by atoms with Crippen LogP contribution in [0.25, 0.3) is 16.0 Å². The standard InChI is InChI=1S/3C13H21NP.C7H8.Ni.Y/c3*1-11(2)15(12(3)4)10-14-13-8-6-5-7-9-13;1-7-5-3-2-4-6-7;;/h3*5-9,11-12H,10H2,1-4H3;2-6H,1H3;;/q3*-1;;;/p+3. The molecular formula is C46H74N3NiP3Y. The molecule has 0 heterocycles. The number of hydrogen-bond acceptors (Lipinski definition) is 0. The molecule has 0 saturated carbocycles. The largest absolute Gasteiger partial charge is 0.652 e. The molecule has 0 aliphatic rings. The number of aryl methyl sites for hydroxylation is 1. The van der Waals surface area contributed by atoms with E-state index in [1.54, 1.807) is 0 Å². The van der Waals surface area contributed by atoms with Gasteiger partial charge in [-0.3, -0.25) is 0 Å². The molecule has 301 valence electrons. The Balaban J connectivity index is 0. The van der Waals surface area contributed by atoms with Crippen LogP contribution in [0.2, 0.25) is 0 Å². The van der Waals surface area contributed by atoms with E-state index >= 15 is 0 Å². The van der Waals surface area contributed by atoms with E-state index < -0.39 is 0 Å². The third-order valence-corrected chi connectivity index (χ3v) is 19.5. The summed E-state index contributed by atoms with van der Waals surface area (Å²) in [6.07, 6.45) is 3.14. The molecule has 0 fully saturated rings. The van der Waals surface area contributed by atoms with Crippen molar-refractivity contribution in [1.29, 1.82) is 0 Å². The van der Waals surface area contributed by atoms with E-state index in [1.165, 1.54) is 5.56 Å². The molecule has 4 rings (SSSR count). The molecular weight excluding hydrogens is 835 g/mol. The Bertz CT molecular complexity index is 1210. The molecule has 0 amide bonds. The van der Waals surface area contributed by atoms with Gasteiger partial charge in [-0.1, -0.05) is 127 Å². The van der Waals surface area contributed by atoms with Gasteiger partial charge < -0.3 is 16.0 Å². The average Bonchev–Trinajstić information content (AvgIpc) is 3.10. The van der Waals surface area contributed by atoms with Crippen LogP contribution in [-0.2, 0) is 49.2 Å². The summed E-state index contributed by atoms with van der Waals surface area (Å²) < 4.78 is 0. The first-order valence-corrected chi connectivity index (χ1v) is 25.1. The van der Waals surface area contributed by atoms with Gasteiger partial charge in [-0.25, -0.2) is 0 Å². The minimum atomic E-state index is -0.343. The van der Waals surface area contributed by atoms with Crippen LogP contribution in [0.4, 0.5) is 17.1 Å². The topological polar surface area (TPSA) is 42.3 Å². The maximum Gasteiger partial charge on any atom is 0.0607 e. The maximum absolute atomic E-state index is 4.69. The molecule has 0 aromatic heterocycles. The number of rotatable bonds is 15. The van der Waals surface area contributed by atoms with E-state index in [-0.39, 0.29) is 73.0 Å². The fourth-order valence-corrected chi connectivity index (χ4v) is 13.1. The molecule has 0 atom stereocenters. The van der Waals surface area contributed by atoms with Crippen LogP contribution in [0.15, 0.2) is 121 Å². The molecule has 1 radical (unpaired) electrons. The van der Waals surface area contributed by atoms with Crippen LogP contribution in [0.5, 0.6) is 0 Å². The van der Waals surface area contributed by atoms with E-state index in [9.17, 15) is 0 Å². The normalized spacial score (nSPS) is 10.6. The second-order valence-corrected chi connectivity index (χ2v) is 26.6. The summed E-state index contributed by atoms with van der Waals surface area (Å²) in [6, 6.07) is 41.2. The first-order valence-electron chi connectivity index (χ1n) is 19.5. The second-order valence-electron chi connectivity index (χ2n) is 15.3. The Kier molecular flexibility index (Phi) is 33.9.